The zero-order chi connectivity index (χ0) is 21.0. The lowest BCUT2D eigenvalue weighted by molar-refractivity contribution is 0.0601. The summed E-state index contributed by atoms with van der Waals surface area (Å²) in [6.07, 6.45) is 5.36. The highest BCUT2D eigenvalue weighted by Crippen LogP contribution is 2.34. The lowest BCUT2D eigenvalue weighted by atomic mass is 9.95. The minimum atomic E-state index is -0.574. The van der Waals surface area contributed by atoms with Gasteiger partial charge in [0.2, 0.25) is 0 Å². The van der Waals surface area contributed by atoms with E-state index in [1.807, 2.05) is 13.0 Å². The quantitative estimate of drug-likeness (QED) is 0.707. The van der Waals surface area contributed by atoms with Gasteiger partial charge in [-0.3, -0.25) is 9.59 Å². The van der Waals surface area contributed by atoms with Crippen LogP contribution in [0.15, 0.2) is 24.3 Å². The summed E-state index contributed by atoms with van der Waals surface area (Å²) in [7, 11) is 1.29. The maximum Gasteiger partial charge on any atom is 0.341 e. The number of hydrogen-bond donors (Lipinski definition) is 2. The Morgan fingerprint density at radius 3 is 2.45 bits per heavy atom. The topological polar surface area (TPSA) is 84.5 Å². The summed E-state index contributed by atoms with van der Waals surface area (Å²) in [5.74, 6) is -1.12. The van der Waals surface area contributed by atoms with Crippen molar-refractivity contribution in [2.24, 2.45) is 0 Å². The fourth-order valence-electron chi connectivity index (χ4n) is 3.63. The largest absolute Gasteiger partial charge is 0.465 e. The van der Waals surface area contributed by atoms with Gasteiger partial charge in [0.15, 0.2) is 0 Å². The van der Waals surface area contributed by atoms with Crippen LogP contribution in [0.4, 0.5) is 5.00 Å². The molecule has 0 spiro atoms. The van der Waals surface area contributed by atoms with E-state index in [9.17, 15) is 14.4 Å². The van der Waals surface area contributed by atoms with Crippen LogP contribution in [0, 0.1) is 13.8 Å². The molecule has 29 heavy (non-hydrogen) atoms. The zero-order valence-electron chi connectivity index (χ0n) is 17.0. The van der Waals surface area contributed by atoms with Crippen LogP contribution in [-0.2, 0) is 4.74 Å². The van der Waals surface area contributed by atoms with Gasteiger partial charge in [0.1, 0.15) is 5.00 Å². The number of thiophene rings is 1. The normalized spacial score (nSPS) is 14.3. The van der Waals surface area contributed by atoms with Crippen molar-refractivity contribution >= 4 is 34.1 Å². The molecule has 1 aromatic heterocycles. The van der Waals surface area contributed by atoms with Gasteiger partial charge in [0, 0.05) is 11.6 Å². The van der Waals surface area contributed by atoms with Crippen LogP contribution in [0.5, 0.6) is 0 Å². The molecule has 2 N–H and O–H groups in total. The van der Waals surface area contributed by atoms with Crippen LogP contribution >= 0.6 is 11.3 Å². The van der Waals surface area contributed by atoms with Gasteiger partial charge in [-0.15, -0.1) is 11.3 Å². The molecular formula is C22H26N2O4S. The number of aryl methyl sites for hydroxylation is 1. The first-order valence-electron chi connectivity index (χ1n) is 9.81. The molecule has 1 aromatic carbocycles. The van der Waals surface area contributed by atoms with E-state index in [4.69, 9.17) is 4.74 Å². The molecule has 1 aliphatic rings. The number of ether oxygens (including phenoxy) is 1. The molecule has 6 nitrogen and oxygen atoms in total. The van der Waals surface area contributed by atoms with Gasteiger partial charge >= 0.3 is 5.97 Å². The summed E-state index contributed by atoms with van der Waals surface area (Å²) in [4.78, 5) is 38.3. The van der Waals surface area contributed by atoms with Crippen molar-refractivity contribution in [3.63, 3.8) is 0 Å². The molecule has 3 rings (SSSR count). The number of anilines is 1. The number of methoxy groups -OCH3 is 1. The third-order valence-corrected chi connectivity index (χ3v) is 6.40. The summed E-state index contributed by atoms with van der Waals surface area (Å²) in [6.45, 7) is 3.61. The van der Waals surface area contributed by atoms with E-state index in [2.05, 4.69) is 10.6 Å². The van der Waals surface area contributed by atoms with Crippen LogP contribution in [0.3, 0.4) is 0 Å². The Bertz CT molecular complexity index is 929. The number of hydrogen-bond acceptors (Lipinski definition) is 5. The first kappa shape index (κ1) is 21.0. The van der Waals surface area contributed by atoms with Crippen molar-refractivity contribution in [1.29, 1.82) is 0 Å². The summed E-state index contributed by atoms with van der Waals surface area (Å²) >= 11 is 1.11. The second kappa shape index (κ2) is 9.22. The molecule has 0 atom stereocenters. The summed E-state index contributed by atoms with van der Waals surface area (Å²) in [5.41, 5.74) is 2.20. The van der Waals surface area contributed by atoms with E-state index in [0.717, 1.165) is 42.6 Å². The van der Waals surface area contributed by atoms with E-state index in [-0.39, 0.29) is 23.4 Å². The molecule has 1 heterocycles. The summed E-state index contributed by atoms with van der Waals surface area (Å²) in [6, 6.07) is 7.33. The Hall–Kier alpha value is -2.67. The lowest BCUT2D eigenvalue weighted by Gasteiger charge is -2.22. The minimum absolute atomic E-state index is 0.157. The van der Waals surface area contributed by atoms with Crippen LogP contribution in [0.1, 0.15) is 73.6 Å². The molecular weight excluding hydrogens is 388 g/mol. The highest BCUT2D eigenvalue weighted by molar-refractivity contribution is 7.18. The Morgan fingerprint density at radius 2 is 1.79 bits per heavy atom. The van der Waals surface area contributed by atoms with Crippen molar-refractivity contribution in [3.05, 3.63) is 51.4 Å². The molecule has 0 aliphatic heterocycles. The Kier molecular flexibility index (Phi) is 6.69. The molecule has 1 fully saturated rings. The van der Waals surface area contributed by atoms with Crippen LogP contribution in [0.2, 0.25) is 0 Å². The molecule has 0 radical (unpaired) electrons. The van der Waals surface area contributed by atoms with Gasteiger partial charge in [-0.2, -0.15) is 0 Å². The Labute approximate surface area is 174 Å². The van der Waals surface area contributed by atoms with Gasteiger partial charge in [-0.05, 0) is 44.4 Å². The van der Waals surface area contributed by atoms with Gasteiger partial charge in [0.05, 0.1) is 17.6 Å². The summed E-state index contributed by atoms with van der Waals surface area (Å²) in [5, 5.41) is 6.19. The van der Waals surface area contributed by atoms with Crippen LogP contribution in [-0.4, -0.2) is 30.9 Å². The zero-order valence-corrected chi connectivity index (χ0v) is 17.8. The third-order valence-electron chi connectivity index (χ3n) is 5.19. The average Bonchev–Trinajstić information content (AvgIpc) is 3.04. The molecule has 7 heteroatoms. The SMILES string of the molecule is COC(=O)c1c(NC(=O)c2cccc(C)c2)sc(C(=O)NC2CCCCC2)c1C. The first-order chi connectivity index (χ1) is 13.9. The van der Waals surface area contributed by atoms with Crippen LogP contribution < -0.4 is 10.6 Å². The van der Waals surface area contributed by atoms with Crippen molar-refractivity contribution in [2.75, 3.05) is 12.4 Å². The maximum absolute atomic E-state index is 12.8. The number of amides is 2. The molecule has 1 saturated carbocycles. The minimum Gasteiger partial charge on any atom is -0.465 e. The van der Waals surface area contributed by atoms with Gasteiger partial charge in [0.25, 0.3) is 11.8 Å². The summed E-state index contributed by atoms with van der Waals surface area (Å²) < 4.78 is 4.89. The Balaban J connectivity index is 1.87. The number of rotatable bonds is 5. The van der Waals surface area contributed by atoms with E-state index >= 15 is 0 Å². The van der Waals surface area contributed by atoms with Crippen molar-refractivity contribution in [1.82, 2.24) is 5.32 Å². The van der Waals surface area contributed by atoms with Crippen molar-refractivity contribution in [2.45, 2.75) is 52.0 Å². The van der Waals surface area contributed by atoms with Crippen LogP contribution in [0.25, 0.3) is 0 Å². The molecule has 0 bridgehead atoms. The maximum atomic E-state index is 12.8. The lowest BCUT2D eigenvalue weighted by Crippen LogP contribution is -2.36. The molecule has 0 saturated heterocycles. The number of esters is 1. The van der Waals surface area contributed by atoms with E-state index in [1.165, 1.54) is 13.5 Å². The van der Waals surface area contributed by atoms with Gasteiger partial charge in [-0.25, -0.2) is 4.79 Å². The highest BCUT2D eigenvalue weighted by Gasteiger charge is 2.27. The highest BCUT2D eigenvalue weighted by atomic mass is 32.1. The number of carbonyl (C=O) groups excluding carboxylic acids is 3. The van der Waals surface area contributed by atoms with E-state index in [0.29, 0.717) is 21.0 Å². The molecule has 0 unspecified atom stereocenters. The number of carbonyl (C=O) groups is 3. The predicted octanol–water partition coefficient (Wildman–Crippen LogP) is 4.47. The van der Waals surface area contributed by atoms with Crippen molar-refractivity contribution in [3.8, 4) is 0 Å². The monoisotopic (exact) mass is 414 g/mol. The molecule has 2 amide bonds. The molecule has 1 aliphatic carbocycles. The number of benzene rings is 1. The molecule has 154 valence electrons. The fourth-order valence-corrected chi connectivity index (χ4v) is 4.72. The standard InChI is InChI=1S/C22H26N2O4S/c1-13-8-7-9-15(12-13)19(25)24-21-17(22(27)28-3)14(2)18(29-21)20(26)23-16-10-5-4-6-11-16/h7-9,12,16H,4-6,10-11H2,1-3H3,(H,23,26)(H,24,25). The van der Waals surface area contributed by atoms with Gasteiger partial charge in [-0.1, -0.05) is 37.0 Å². The Morgan fingerprint density at radius 1 is 1.07 bits per heavy atom. The average molecular weight is 415 g/mol. The third kappa shape index (κ3) is 4.85. The van der Waals surface area contributed by atoms with Gasteiger partial charge < -0.3 is 15.4 Å². The van der Waals surface area contributed by atoms with E-state index in [1.54, 1.807) is 25.1 Å². The fraction of sp³-hybridized carbons (Fsp3) is 0.409. The smallest absolute Gasteiger partial charge is 0.341 e. The molecule has 2 aromatic rings. The van der Waals surface area contributed by atoms with E-state index < -0.39 is 5.97 Å². The second-order valence-corrected chi connectivity index (χ2v) is 8.40. The predicted molar refractivity (Wildman–Crippen MR) is 114 cm³/mol. The second-order valence-electron chi connectivity index (χ2n) is 7.38. The van der Waals surface area contributed by atoms with Crippen molar-refractivity contribution < 1.29 is 19.1 Å². The number of nitrogens with one attached hydrogen (secondary N) is 2. The first-order valence-corrected chi connectivity index (χ1v) is 10.6.